The summed E-state index contributed by atoms with van der Waals surface area (Å²) in [6.07, 6.45) is 10.0. The van der Waals surface area contributed by atoms with Gasteiger partial charge >= 0.3 is 0 Å². The van der Waals surface area contributed by atoms with Gasteiger partial charge in [0.2, 0.25) is 0 Å². The molecule has 0 fully saturated rings. The Morgan fingerprint density at radius 3 is 2.93 bits per heavy atom. The van der Waals surface area contributed by atoms with E-state index in [1.54, 1.807) is 0 Å². The zero-order valence-electron chi connectivity index (χ0n) is 9.22. The van der Waals surface area contributed by atoms with E-state index in [4.69, 9.17) is 0 Å². The largest absolute Gasteiger partial charge is 0.355 e. The van der Waals surface area contributed by atoms with Crippen LogP contribution in [-0.2, 0) is 0 Å². The third kappa shape index (κ3) is 2.12. The normalized spacial score (nSPS) is 15.1. The molecular formula is C14H17N. The summed E-state index contributed by atoms with van der Waals surface area (Å²) in [6.45, 7) is 6.16. The highest BCUT2D eigenvalue weighted by atomic mass is 14.7. The molecule has 0 saturated carbocycles. The molecule has 0 aliphatic heterocycles. The molecule has 0 saturated heterocycles. The van der Waals surface area contributed by atoms with Crippen LogP contribution in [0.15, 0.2) is 36.9 Å². The summed E-state index contributed by atoms with van der Waals surface area (Å²) in [5.41, 5.74) is 4.83. The number of allylic oxidation sites excluding steroid dienone is 5. The van der Waals surface area contributed by atoms with E-state index in [-0.39, 0.29) is 0 Å². The number of hydrogen-bond acceptors (Lipinski definition) is 0. The molecule has 0 atom stereocenters. The van der Waals surface area contributed by atoms with Crippen LogP contribution >= 0.6 is 0 Å². The number of H-pyrrole nitrogens is 1. The summed E-state index contributed by atoms with van der Waals surface area (Å²) in [7, 11) is 0. The van der Waals surface area contributed by atoms with Crippen molar-refractivity contribution in [3.63, 3.8) is 0 Å². The molecule has 1 nitrogen and oxygen atoms in total. The van der Waals surface area contributed by atoms with Gasteiger partial charge in [-0.15, -0.1) is 0 Å². The van der Waals surface area contributed by atoms with E-state index in [0.717, 1.165) is 18.5 Å². The molecule has 78 valence electrons. The molecule has 15 heavy (non-hydrogen) atoms. The summed E-state index contributed by atoms with van der Waals surface area (Å²) >= 11 is 0. The lowest BCUT2D eigenvalue weighted by molar-refractivity contribution is 1.04. The van der Waals surface area contributed by atoms with Crippen LogP contribution in [-0.4, -0.2) is 4.98 Å². The first kappa shape index (κ1) is 10.0. The van der Waals surface area contributed by atoms with Crippen LogP contribution < -0.4 is 0 Å². The second-order valence-corrected chi connectivity index (χ2v) is 3.88. The SMILES string of the molecule is C=C(CC)c1ccc(C2=CCCC=C2)[nH]1. The summed E-state index contributed by atoms with van der Waals surface area (Å²) in [6, 6.07) is 4.25. The van der Waals surface area contributed by atoms with Gasteiger partial charge in [-0.1, -0.05) is 31.7 Å². The Bertz CT molecular complexity index is 418. The Kier molecular flexibility index (Phi) is 2.91. The lowest BCUT2D eigenvalue weighted by Gasteiger charge is -2.04. The van der Waals surface area contributed by atoms with Crippen LogP contribution in [0.2, 0.25) is 0 Å². The van der Waals surface area contributed by atoms with Crippen molar-refractivity contribution in [2.24, 2.45) is 0 Å². The molecule has 1 N–H and O–H groups in total. The zero-order chi connectivity index (χ0) is 10.7. The predicted molar refractivity (Wildman–Crippen MR) is 66.5 cm³/mol. The number of hydrogen-bond donors (Lipinski definition) is 1. The van der Waals surface area contributed by atoms with E-state index in [2.05, 4.69) is 48.8 Å². The van der Waals surface area contributed by atoms with Gasteiger partial charge in [0.15, 0.2) is 0 Å². The fraction of sp³-hybridized carbons (Fsp3) is 0.286. The molecule has 0 bridgehead atoms. The number of rotatable bonds is 3. The Balaban J connectivity index is 2.23. The van der Waals surface area contributed by atoms with Gasteiger partial charge in [0.25, 0.3) is 0 Å². The summed E-state index contributed by atoms with van der Waals surface area (Å²) in [4.78, 5) is 3.41. The average Bonchev–Trinajstić information content (AvgIpc) is 2.78. The topological polar surface area (TPSA) is 15.8 Å². The van der Waals surface area contributed by atoms with Crippen molar-refractivity contribution in [2.75, 3.05) is 0 Å². The summed E-state index contributed by atoms with van der Waals surface area (Å²) < 4.78 is 0. The van der Waals surface area contributed by atoms with Gasteiger partial charge < -0.3 is 4.98 Å². The van der Waals surface area contributed by atoms with Gasteiger partial charge in [-0.25, -0.2) is 0 Å². The Morgan fingerprint density at radius 2 is 2.27 bits per heavy atom. The van der Waals surface area contributed by atoms with E-state index in [1.807, 2.05) is 0 Å². The van der Waals surface area contributed by atoms with Crippen LogP contribution in [0.1, 0.15) is 37.6 Å². The fourth-order valence-corrected chi connectivity index (χ4v) is 1.77. The second-order valence-electron chi connectivity index (χ2n) is 3.88. The van der Waals surface area contributed by atoms with Gasteiger partial charge in [0.1, 0.15) is 0 Å². The maximum Gasteiger partial charge on any atom is 0.0455 e. The Hall–Kier alpha value is -1.50. The lowest BCUT2D eigenvalue weighted by Crippen LogP contribution is -1.87. The number of nitrogens with one attached hydrogen (secondary N) is 1. The van der Waals surface area contributed by atoms with Crippen molar-refractivity contribution >= 4 is 11.1 Å². The molecule has 0 unspecified atom stereocenters. The molecule has 1 aliphatic rings. The highest BCUT2D eigenvalue weighted by Crippen LogP contribution is 2.23. The third-order valence-electron chi connectivity index (χ3n) is 2.80. The lowest BCUT2D eigenvalue weighted by atomic mass is 10.1. The molecule has 1 aromatic rings. The Labute approximate surface area is 91.2 Å². The third-order valence-corrected chi connectivity index (χ3v) is 2.80. The molecule has 0 radical (unpaired) electrons. The van der Waals surface area contributed by atoms with Crippen LogP contribution in [0.5, 0.6) is 0 Å². The van der Waals surface area contributed by atoms with Crippen molar-refractivity contribution in [1.29, 1.82) is 0 Å². The van der Waals surface area contributed by atoms with Crippen LogP contribution in [0.4, 0.5) is 0 Å². The van der Waals surface area contributed by atoms with E-state index in [0.29, 0.717) is 0 Å². The number of aromatic nitrogens is 1. The van der Waals surface area contributed by atoms with Gasteiger partial charge in [0.05, 0.1) is 0 Å². The molecule has 2 rings (SSSR count). The van der Waals surface area contributed by atoms with Crippen molar-refractivity contribution < 1.29 is 0 Å². The molecule has 0 spiro atoms. The average molecular weight is 199 g/mol. The minimum atomic E-state index is 0.995. The number of aromatic amines is 1. The molecule has 0 amide bonds. The maximum atomic E-state index is 4.03. The fourth-order valence-electron chi connectivity index (χ4n) is 1.77. The van der Waals surface area contributed by atoms with Crippen molar-refractivity contribution in [1.82, 2.24) is 4.98 Å². The minimum absolute atomic E-state index is 0.995. The molecule has 0 aromatic carbocycles. The first-order valence-electron chi connectivity index (χ1n) is 5.55. The van der Waals surface area contributed by atoms with E-state index >= 15 is 0 Å². The highest BCUT2D eigenvalue weighted by Gasteiger charge is 2.05. The maximum absolute atomic E-state index is 4.03. The van der Waals surface area contributed by atoms with Crippen LogP contribution in [0.25, 0.3) is 11.1 Å². The minimum Gasteiger partial charge on any atom is -0.355 e. The standard InChI is InChI=1S/C14H17N/c1-3-11(2)13-9-10-14(15-13)12-7-5-4-6-8-12/h5,7-10,15H,2-4,6H2,1H3. The summed E-state index contributed by atoms with van der Waals surface area (Å²) in [5, 5.41) is 0. The van der Waals surface area contributed by atoms with E-state index in [1.165, 1.54) is 23.3 Å². The van der Waals surface area contributed by atoms with Crippen LogP contribution in [0.3, 0.4) is 0 Å². The van der Waals surface area contributed by atoms with Crippen LogP contribution in [0, 0.1) is 0 Å². The molecular weight excluding hydrogens is 182 g/mol. The second kappa shape index (κ2) is 4.35. The highest BCUT2D eigenvalue weighted by molar-refractivity contribution is 5.74. The van der Waals surface area contributed by atoms with Gasteiger partial charge in [-0.3, -0.25) is 0 Å². The molecule has 1 heteroatoms. The first-order chi connectivity index (χ1) is 7.31. The smallest absolute Gasteiger partial charge is 0.0455 e. The molecule has 1 heterocycles. The van der Waals surface area contributed by atoms with E-state index < -0.39 is 0 Å². The van der Waals surface area contributed by atoms with Crippen molar-refractivity contribution in [2.45, 2.75) is 26.2 Å². The van der Waals surface area contributed by atoms with Gasteiger partial charge in [0, 0.05) is 11.4 Å². The predicted octanol–water partition coefficient (Wildman–Crippen LogP) is 4.17. The van der Waals surface area contributed by atoms with Crippen molar-refractivity contribution in [3.05, 3.63) is 48.3 Å². The molecule has 1 aromatic heterocycles. The van der Waals surface area contributed by atoms with Crippen molar-refractivity contribution in [3.8, 4) is 0 Å². The quantitative estimate of drug-likeness (QED) is 0.752. The summed E-state index contributed by atoms with van der Waals surface area (Å²) in [5.74, 6) is 0. The van der Waals surface area contributed by atoms with Gasteiger partial charge in [-0.2, -0.15) is 0 Å². The van der Waals surface area contributed by atoms with Gasteiger partial charge in [-0.05, 0) is 42.5 Å². The molecule has 1 aliphatic carbocycles. The monoisotopic (exact) mass is 199 g/mol. The van der Waals surface area contributed by atoms with E-state index in [9.17, 15) is 0 Å². The Morgan fingerprint density at radius 1 is 1.40 bits per heavy atom. The first-order valence-corrected chi connectivity index (χ1v) is 5.55. The zero-order valence-corrected chi connectivity index (χ0v) is 9.22.